The van der Waals surface area contributed by atoms with Crippen molar-refractivity contribution in [2.75, 3.05) is 0 Å². The van der Waals surface area contributed by atoms with Crippen molar-refractivity contribution in [3.8, 4) is 0 Å². The van der Waals surface area contributed by atoms with Crippen molar-refractivity contribution in [3.05, 3.63) is 33.7 Å². The van der Waals surface area contributed by atoms with Crippen LogP contribution in [0.2, 0.25) is 0 Å². The van der Waals surface area contributed by atoms with Crippen LogP contribution in [0, 0.1) is 10.1 Å². The molecule has 0 heterocycles. The number of rotatable bonds is 4. The van der Waals surface area contributed by atoms with Gasteiger partial charge in [-0.25, -0.2) is 0 Å². The smallest absolute Gasteiger partial charge is 0.246 e. The summed E-state index contributed by atoms with van der Waals surface area (Å²) >= 11 is 0. The number of carbonyl (C=O) groups is 1. The molecule has 0 aromatic carbocycles. The van der Waals surface area contributed by atoms with Gasteiger partial charge in [-0.15, -0.1) is 0 Å². The number of carbonyl (C=O) groups excluding carboxylic acids is 1. The van der Waals surface area contributed by atoms with Gasteiger partial charge in [0.25, 0.3) is 0 Å². The quantitative estimate of drug-likeness (QED) is 0.423. The van der Waals surface area contributed by atoms with Gasteiger partial charge < -0.3 is 5.32 Å². The maximum atomic E-state index is 10.6. The fourth-order valence-corrected chi connectivity index (χ4v) is 0.848. The van der Waals surface area contributed by atoms with Crippen LogP contribution in [0.15, 0.2) is 23.5 Å². The Balaban J connectivity index is 4.49. The molecule has 14 heavy (non-hydrogen) atoms. The highest BCUT2D eigenvalue weighted by molar-refractivity contribution is 5.74. The summed E-state index contributed by atoms with van der Waals surface area (Å²) in [6.45, 7) is 4.76. The van der Waals surface area contributed by atoms with Crippen molar-refractivity contribution in [2.45, 2.75) is 27.2 Å². The molecule has 0 saturated carbocycles. The van der Waals surface area contributed by atoms with Crippen LogP contribution in [0.25, 0.3) is 0 Å². The molecule has 0 bridgehead atoms. The van der Waals surface area contributed by atoms with E-state index in [4.69, 9.17) is 0 Å². The van der Waals surface area contributed by atoms with Gasteiger partial charge in [0.05, 0.1) is 4.92 Å². The molecule has 0 rings (SSSR count). The van der Waals surface area contributed by atoms with Crippen LogP contribution in [-0.4, -0.2) is 10.8 Å². The monoisotopic (exact) mass is 198 g/mol. The van der Waals surface area contributed by atoms with Crippen molar-refractivity contribution in [2.24, 2.45) is 0 Å². The van der Waals surface area contributed by atoms with Crippen LogP contribution in [0.3, 0.4) is 0 Å². The third kappa shape index (κ3) is 5.08. The zero-order valence-electron chi connectivity index (χ0n) is 8.53. The minimum atomic E-state index is -0.433. The highest BCUT2D eigenvalue weighted by Gasteiger charge is 2.04. The topological polar surface area (TPSA) is 72.2 Å². The summed E-state index contributed by atoms with van der Waals surface area (Å²) in [6, 6.07) is 0. The number of nitrogens with zero attached hydrogens (tertiary/aromatic N) is 1. The van der Waals surface area contributed by atoms with Crippen molar-refractivity contribution >= 4 is 5.91 Å². The van der Waals surface area contributed by atoms with E-state index in [1.807, 2.05) is 0 Å². The van der Waals surface area contributed by atoms with Crippen LogP contribution in [0.1, 0.15) is 27.2 Å². The maximum absolute atomic E-state index is 10.6. The Labute approximate surface area is 82.6 Å². The number of nitrogens with one attached hydrogen (secondary N) is 1. The average Bonchev–Trinajstić information content (AvgIpc) is 2.03. The second-order valence-corrected chi connectivity index (χ2v) is 2.80. The number of nitro groups is 1. The predicted molar refractivity (Wildman–Crippen MR) is 52.9 cm³/mol. The van der Waals surface area contributed by atoms with E-state index < -0.39 is 4.92 Å². The predicted octanol–water partition coefficient (Wildman–Crippen LogP) is 1.60. The summed E-state index contributed by atoms with van der Waals surface area (Å²) in [4.78, 5) is 20.5. The number of hydrogen-bond acceptors (Lipinski definition) is 3. The van der Waals surface area contributed by atoms with Crippen molar-refractivity contribution in [3.63, 3.8) is 0 Å². The lowest BCUT2D eigenvalue weighted by molar-refractivity contribution is -0.427. The zero-order chi connectivity index (χ0) is 11.1. The summed E-state index contributed by atoms with van der Waals surface area (Å²) in [6.07, 6.45) is 3.27. The summed E-state index contributed by atoms with van der Waals surface area (Å²) in [5.41, 5.74) is 0.708. The third-order valence-electron chi connectivity index (χ3n) is 1.50. The summed E-state index contributed by atoms with van der Waals surface area (Å²) in [5.74, 6) is -0.189. The Morgan fingerprint density at radius 3 is 2.36 bits per heavy atom. The van der Waals surface area contributed by atoms with Gasteiger partial charge in [-0.3, -0.25) is 14.9 Å². The second-order valence-electron chi connectivity index (χ2n) is 2.80. The Kier molecular flexibility index (Phi) is 5.21. The standard InChI is InChI=1S/C9H14N2O3/c1-4-9(11(13)14)6-5-7(2)10-8(3)12/h5-6H,4H2,1-3H3,(H,10,12)/b7-5+,9-6+. The number of hydrogen-bond donors (Lipinski definition) is 1. The van der Waals surface area contributed by atoms with Gasteiger partial charge in [0.2, 0.25) is 11.6 Å². The maximum Gasteiger partial charge on any atom is 0.246 e. The Bertz CT molecular complexity index is 292. The zero-order valence-corrected chi connectivity index (χ0v) is 8.53. The molecule has 0 saturated heterocycles. The summed E-state index contributed by atoms with van der Waals surface area (Å²) < 4.78 is 0. The van der Waals surface area contributed by atoms with Crippen LogP contribution < -0.4 is 5.32 Å². The first-order valence-electron chi connectivity index (χ1n) is 4.26. The Hall–Kier alpha value is -1.65. The van der Waals surface area contributed by atoms with E-state index in [0.29, 0.717) is 12.1 Å². The minimum Gasteiger partial charge on any atom is -0.330 e. The molecule has 1 amide bonds. The summed E-state index contributed by atoms with van der Waals surface area (Å²) in [7, 11) is 0. The Morgan fingerprint density at radius 2 is 2.00 bits per heavy atom. The van der Waals surface area contributed by atoms with E-state index in [-0.39, 0.29) is 11.6 Å². The first-order valence-corrected chi connectivity index (χ1v) is 4.26. The molecular weight excluding hydrogens is 184 g/mol. The molecule has 0 fully saturated rings. The molecule has 0 aliphatic carbocycles. The normalized spacial score (nSPS) is 12.5. The van der Waals surface area contributed by atoms with Crippen LogP contribution in [0.4, 0.5) is 0 Å². The molecule has 5 heteroatoms. The Morgan fingerprint density at radius 1 is 1.43 bits per heavy atom. The molecule has 0 aliphatic heterocycles. The molecule has 0 aromatic heterocycles. The largest absolute Gasteiger partial charge is 0.330 e. The lowest BCUT2D eigenvalue weighted by Crippen LogP contribution is -2.16. The van der Waals surface area contributed by atoms with Gasteiger partial charge in [0.15, 0.2) is 0 Å². The van der Waals surface area contributed by atoms with Gasteiger partial charge in [0, 0.05) is 25.1 Å². The van der Waals surface area contributed by atoms with Gasteiger partial charge in [-0.1, -0.05) is 6.92 Å². The van der Waals surface area contributed by atoms with Gasteiger partial charge >= 0.3 is 0 Å². The first-order chi connectivity index (χ1) is 6.47. The molecule has 0 atom stereocenters. The fourth-order valence-electron chi connectivity index (χ4n) is 0.848. The van der Waals surface area contributed by atoms with E-state index >= 15 is 0 Å². The number of allylic oxidation sites excluding steroid dienone is 4. The van der Waals surface area contributed by atoms with Crippen molar-refractivity contribution in [1.82, 2.24) is 5.32 Å². The lowest BCUT2D eigenvalue weighted by atomic mass is 10.3. The van der Waals surface area contributed by atoms with Gasteiger partial charge in [0.1, 0.15) is 0 Å². The molecule has 0 aromatic rings. The molecule has 1 N–H and O–H groups in total. The SMILES string of the molecule is CC/C(=C\C=C(/C)NC(C)=O)[N+](=O)[O-]. The third-order valence-corrected chi connectivity index (χ3v) is 1.50. The van der Waals surface area contributed by atoms with Crippen LogP contribution in [0.5, 0.6) is 0 Å². The van der Waals surface area contributed by atoms with Crippen molar-refractivity contribution in [1.29, 1.82) is 0 Å². The van der Waals surface area contributed by atoms with E-state index in [9.17, 15) is 14.9 Å². The van der Waals surface area contributed by atoms with E-state index in [1.165, 1.54) is 19.1 Å². The van der Waals surface area contributed by atoms with Gasteiger partial charge in [-0.2, -0.15) is 0 Å². The molecular formula is C9H14N2O3. The van der Waals surface area contributed by atoms with Crippen molar-refractivity contribution < 1.29 is 9.72 Å². The molecule has 78 valence electrons. The van der Waals surface area contributed by atoms with Gasteiger partial charge in [-0.05, 0) is 13.0 Å². The minimum absolute atomic E-state index is 0.120. The highest BCUT2D eigenvalue weighted by Crippen LogP contribution is 2.02. The lowest BCUT2D eigenvalue weighted by Gasteiger charge is -1.98. The highest BCUT2D eigenvalue weighted by atomic mass is 16.6. The molecule has 0 spiro atoms. The fraction of sp³-hybridized carbons (Fsp3) is 0.444. The van der Waals surface area contributed by atoms with Crippen LogP contribution >= 0.6 is 0 Å². The summed E-state index contributed by atoms with van der Waals surface area (Å²) in [5, 5.41) is 12.9. The first kappa shape index (κ1) is 12.3. The second kappa shape index (κ2) is 5.90. The molecule has 0 aliphatic rings. The number of amides is 1. The molecule has 0 radical (unpaired) electrons. The molecule has 0 unspecified atom stereocenters. The average molecular weight is 198 g/mol. The van der Waals surface area contributed by atoms with E-state index in [0.717, 1.165) is 0 Å². The van der Waals surface area contributed by atoms with E-state index in [2.05, 4.69) is 5.32 Å². The molecule has 5 nitrogen and oxygen atoms in total. The van der Waals surface area contributed by atoms with E-state index in [1.54, 1.807) is 13.8 Å². The van der Waals surface area contributed by atoms with Crippen LogP contribution in [-0.2, 0) is 4.79 Å².